The lowest BCUT2D eigenvalue weighted by molar-refractivity contribution is -0.114. The van der Waals surface area contributed by atoms with E-state index >= 15 is 0 Å². The number of allylic oxidation sites excluding steroid dienone is 2. The van der Waals surface area contributed by atoms with Gasteiger partial charge in [0.2, 0.25) is 5.88 Å². The van der Waals surface area contributed by atoms with Gasteiger partial charge in [-0.3, -0.25) is 4.79 Å². The van der Waals surface area contributed by atoms with Crippen molar-refractivity contribution in [2.75, 3.05) is 14.2 Å². The second kappa shape index (κ2) is 7.76. The first kappa shape index (κ1) is 20.2. The van der Waals surface area contributed by atoms with Crippen LogP contribution < -0.4 is 14.2 Å². The molecule has 0 bridgehead atoms. The molecule has 162 valence electrons. The van der Waals surface area contributed by atoms with Gasteiger partial charge < -0.3 is 14.2 Å². The van der Waals surface area contributed by atoms with E-state index < -0.39 is 5.92 Å². The van der Waals surface area contributed by atoms with E-state index in [9.17, 15) is 4.79 Å². The number of ketones is 1. The van der Waals surface area contributed by atoms with Crippen LogP contribution in [0.1, 0.15) is 30.9 Å². The van der Waals surface area contributed by atoms with Gasteiger partial charge in [0.05, 0.1) is 30.6 Å². The fraction of sp³-hybridized carbons (Fsp3) is 0.217. The average molecular weight is 449 g/mol. The predicted octanol–water partition coefficient (Wildman–Crippen LogP) is 4.26. The fourth-order valence-electron chi connectivity index (χ4n) is 4.07. The number of ether oxygens (including phenoxy) is 3. The Labute approximate surface area is 188 Å². The van der Waals surface area contributed by atoms with Gasteiger partial charge in [0.15, 0.2) is 28.8 Å². The van der Waals surface area contributed by atoms with Gasteiger partial charge in [-0.2, -0.15) is 0 Å². The minimum absolute atomic E-state index is 0.0899. The number of methoxy groups -OCH3 is 2. The van der Waals surface area contributed by atoms with Crippen LogP contribution in [0.25, 0.3) is 16.3 Å². The van der Waals surface area contributed by atoms with E-state index in [-0.39, 0.29) is 5.78 Å². The Morgan fingerprint density at radius 2 is 2.00 bits per heavy atom. The maximum absolute atomic E-state index is 12.8. The summed E-state index contributed by atoms with van der Waals surface area (Å²) >= 11 is 1.56. The number of benzene rings is 1. The Hall–Kier alpha value is -3.72. The Morgan fingerprint density at radius 1 is 1.19 bits per heavy atom. The molecule has 5 rings (SSSR count). The molecule has 0 unspecified atom stereocenters. The summed E-state index contributed by atoms with van der Waals surface area (Å²) in [4.78, 5) is 23.0. The SMILES string of the molecule is COc1ccc([C@H]2C(C(C)=O)=C(C)Oc3ncn4nc(-c5cccs5)nc4c32)cc1OC. The molecule has 0 N–H and O–H groups in total. The molecule has 9 heteroatoms. The van der Waals surface area contributed by atoms with Gasteiger partial charge >= 0.3 is 0 Å². The monoisotopic (exact) mass is 448 g/mol. The lowest BCUT2D eigenvalue weighted by atomic mass is 9.81. The van der Waals surface area contributed by atoms with E-state index in [0.717, 1.165) is 10.4 Å². The maximum Gasteiger partial charge on any atom is 0.228 e. The van der Waals surface area contributed by atoms with Crippen molar-refractivity contribution in [3.63, 3.8) is 0 Å². The van der Waals surface area contributed by atoms with Crippen LogP contribution in [0.4, 0.5) is 0 Å². The van der Waals surface area contributed by atoms with Crippen molar-refractivity contribution in [3.05, 3.63) is 64.5 Å². The summed E-state index contributed by atoms with van der Waals surface area (Å²) in [6, 6.07) is 9.53. The van der Waals surface area contributed by atoms with Gasteiger partial charge in [-0.05, 0) is 43.0 Å². The Kier molecular flexibility index (Phi) is 4.90. The Bertz CT molecular complexity index is 1370. The van der Waals surface area contributed by atoms with E-state index in [4.69, 9.17) is 19.2 Å². The van der Waals surface area contributed by atoms with Gasteiger partial charge in [-0.1, -0.05) is 12.1 Å². The van der Waals surface area contributed by atoms with Crippen LogP contribution in [0.2, 0.25) is 0 Å². The summed E-state index contributed by atoms with van der Waals surface area (Å²) in [6.07, 6.45) is 1.58. The lowest BCUT2D eigenvalue weighted by Crippen LogP contribution is -2.22. The first-order chi connectivity index (χ1) is 15.5. The molecule has 4 heterocycles. The van der Waals surface area contributed by atoms with Gasteiger partial charge in [0.25, 0.3) is 0 Å². The summed E-state index contributed by atoms with van der Waals surface area (Å²) in [5.41, 5.74) is 2.66. The van der Waals surface area contributed by atoms with Crippen LogP contribution in [0.5, 0.6) is 17.4 Å². The number of hydrogen-bond donors (Lipinski definition) is 0. The van der Waals surface area contributed by atoms with Crippen molar-refractivity contribution < 1.29 is 19.0 Å². The number of aromatic nitrogens is 4. The number of carbonyl (C=O) groups excluding carboxylic acids is 1. The first-order valence-corrected chi connectivity index (χ1v) is 10.8. The van der Waals surface area contributed by atoms with Gasteiger partial charge in [-0.25, -0.2) is 14.5 Å². The minimum atomic E-state index is -0.451. The molecule has 0 amide bonds. The van der Waals surface area contributed by atoms with Crippen LogP contribution in [-0.4, -0.2) is 39.6 Å². The second-order valence-corrected chi connectivity index (χ2v) is 8.27. The van der Waals surface area contributed by atoms with Crippen molar-refractivity contribution in [1.82, 2.24) is 19.6 Å². The van der Waals surface area contributed by atoms with Crippen LogP contribution in [0, 0.1) is 0 Å². The first-order valence-electron chi connectivity index (χ1n) is 9.92. The summed E-state index contributed by atoms with van der Waals surface area (Å²) in [5.74, 6) is 2.15. The molecule has 0 fully saturated rings. The molecule has 4 aromatic rings. The molecule has 3 aromatic heterocycles. The Morgan fingerprint density at radius 3 is 2.69 bits per heavy atom. The van der Waals surface area contributed by atoms with Crippen molar-refractivity contribution in [2.24, 2.45) is 0 Å². The lowest BCUT2D eigenvalue weighted by Gasteiger charge is -2.28. The van der Waals surface area contributed by atoms with E-state index in [1.807, 2.05) is 35.7 Å². The highest BCUT2D eigenvalue weighted by Crippen LogP contribution is 2.46. The summed E-state index contributed by atoms with van der Waals surface area (Å²) in [7, 11) is 3.17. The number of thiophene rings is 1. The average Bonchev–Trinajstić information content (AvgIpc) is 3.47. The fourth-order valence-corrected chi connectivity index (χ4v) is 4.72. The number of nitrogens with zero attached hydrogens (tertiary/aromatic N) is 4. The molecule has 0 saturated heterocycles. The van der Waals surface area contributed by atoms with Crippen LogP contribution >= 0.6 is 11.3 Å². The summed E-state index contributed by atoms with van der Waals surface area (Å²) < 4.78 is 18.5. The van der Waals surface area contributed by atoms with E-state index in [1.165, 1.54) is 6.92 Å². The van der Waals surface area contributed by atoms with Crippen molar-refractivity contribution in [3.8, 4) is 28.1 Å². The third-order valence-corrected chi connectivity index (χ3v) is 6.32. The zero-order valence-corrected chi connectivity index (χ0v) is 18.8. The molecule has 0 saturated carbocycles. The number of carbonyl (C=O) groups is 1. The number of hydrogen-bond acceptors (Lipinski definition) is 8. The third kappa shape index (κ3) is 3.13. The van der Waals surface area contributed by atoms with Gasteiger partial charge in [-0.15, -0.1) is 16.4 Å². The Balaban J connectivity index is 1.78. The highest BCUT2D eigenvalue weighted by molar-refractivity contribution is 7.13. The minimum Gasteiger partial charge on any atom is -0.493 e. The van der Waals surface area contributed by atoms with E-state index in [0.29, 0.717) is 45.7 Å². The molecular formula is C23H20N4O4S. The zero-order chi connectivity index (χ0) is 22.4. The number of rotatable bonds is 5. The molecule has 1 aromatic carbocycles. The smallest absolute Gasteiger partial charge is 0.228 e. The summed E-state index contributed by atoms with van der Waals surface area (Å²) in [6.45, 7) is 3.32. The second-order valence-electron chi connectivity index (χ2n) is 7.32. The van der Waals surface area contributed by atoms with Crippen LogP contribution in [0.15, 0.2) is 53.4 Å². The highest BCUT2D eigenvalue weighted by Gasteiger charge is 2.36. The largest absolute Gasteiger partial charge is 0.493 e. The molecule has 8 nitrogen and oxygen atoms in total. The van der Waals surface area contributed by atoms with E-state index in [2.05, 4.69) is 10.1 Å². The topological polar surface area (TPSA) is 87.8 Å². The maximum atomic E-state index is 12.8. The van der Waals surface area contributed by atoms with Crippen LogP contribution in [-0.2, 0) is 4.79 Å². The van der Waals surface area contributed by atoms with Gasteiger partial charge in [0.1, 0.15) is 12.1 Å². The summed E-state index contributed by atoms with van der Waals surface area (Å²) in [5, 5.41) is 6.57. The molecule has 0 spiro atoms. The molecular weight excluding hydrogens is 428 g/mol. The standard InChI is InChI=1S/C23H20N4O4S/c1-12(28)18-13(2)31-23-20(19(18)14-7-8-15(29-3)16(10-14)30-4)22-25-21(17-6-5-9-32-17)26-27(22)11-24-23/h5-11,19H,1-4H3/t19-/m0/s1. The van der Waals surface area contributed by atoms with Gasteiger partial charge in [0, 0.05) is 5.57 Å². The molecule has 1 aliphatic rings. The van der Waals surface area contributed by atoms with E-state index in [1.54, 1.807) is 43.3 Å². The third-order valence-electron chi connectivity index (χ3n) is 5.46. The predicted molar refractivity (Wildman–Crippen MR) is 119 cm³/mol. The van der Waals surface area contributed by atoms with Crippen molar-refractivity contribution in [1.29, 1.82) is 0 Å². The quantitative estimate of drug-likeness (QED) is 0.451. The molecule has 32 heavy (non-hydrogen) atoms. The number of fused-ring (bicyclic) bond motifs is 3. The van der Waals surface area contributed by atoms with Crippen molar-refractivity contribution >= 4 is 22.8 Å². The highest BCUT2D eigenvalue weighted by atomic mass is 32.1. The number of Topliss-reactive ketones (excluding diaryl/α,β-unsaturated/α-hetero) is 1. The van der Waals surface area contributed by atoms with Crippen molar-refractivity contribution in [2.45, 2.75) is 19.8 Å². The molecule has 1 atom stereocenters. The molecule has 0 aliphatic carbocycles. The molecule has 0 radical (unpaired) electrons. The normalized spacial score (nSPS) is 15.4. The zero-order valence-electron chi connectivity index (χ0n) is 17.9. The van der Waals surface area contributed by atoms with Crippen LogP contribution in [0.3, 0.4) is 0 Å². The molecule has 1 aliphatic heterocycles.